The summed E-state index contributed by atoms with van der Waals surface area (Å²) in [7, 11) is 0. The number of carbonyl (C=O) groups is 2. The molecule has 1 amide bonds. The molecule has 3 aromatic rings. The first-order chi connectivity index (χ1) is 12.6. The van der Waals surface area contributed by atoms with Crippen molar-refractivity contribution >= 4 is 28.3 Å². The molecule has 0 radical (unpaired) electrons. The SMILES string of the molecule is CCN(C(C)=O)c1nc(COC(=O)c2ccc(-n3cccn3)nc2)cs1. The lowest BCUT2D eigenvalue weighted by atomic mass is 10.3. The van der Waals surface area contributed by atoms with Gasteiger partial charge >= 0.3 is 5.97 Å². The number of amides is 1. The number of pyridine rings is 1. The Balaban J connectivity index is 1.60. The Labute approximate surface area is 154 Å². The molecular formula is C17H17N5O3S. The zero-order chi connectivity index (χ0) is 18.5. The number of nitrogens with zero attached hydrogens (tertiary/aromatic N) is 5. The van der Waals surface area contributed by atoms with Gasteiger partial charge in [-0.3, -0.25) is 9.69 Å². The molecule has 8 nitrogen and oxygen atoms in total. The fraction of sp³-hybridized carbons (Fsp3) is 0.235. The fourth-order valence-electron chi connectivity index (χ4n) is 2.25. The molecule has 134 valence electrons. The number of aromatic nitrogens is 4. The summed E-state index contributed by atoms with van der Waals surface area (Å²) in [6.45, 7) is 3.94. The molecule has 0 spiro atoms. The first-order valence-electron chi connectivity index (χ1n) is 7.94. The average molecular weight is 371 g/mol. The van der Waals surface area contributed by atoms with E-state index in [-0.39, 0.29) is 12.5 Å². The van der Waals surface area contributed by atoms with Crippen LogP contribution in [0.4, 0.5) is 5.13 Å². The van der Waals surface area contributed by atoms with Gasteiger partial charge in [0.1, 0.15) is 6.61 Å². The summed E-state index contributed by atoms with van der Waals surface area (Å²) in [5.74, 6) is 0.0475. The highest BCUT2D eigenvalue weighted by Crippen LogP contribution is 2.21. The third-order valence-corrected chi connectivity index (χ3v) is 4.45. The topological polar surface area (TPSA) is 90.2 Å². The molecule has 0 unspecified atom stereocenters. The van der Waals surface area contributed by atoms with E-state index in [0.717, 1.165) is 0 Å². The maximum absolute atomic E-state index is 12.1. The molecule has 0 bridgehead atoms. The van der Waals surface area contributed by atoms with Crippen molar-refractivity contribution in [1.82, 2.24) is 19.7 Å². The number of thiazole rings is 1. The van der Waals surface area contributed by atoms with Crippen LogP contribution in [0.5, 0.6) is 0 Å². The molecule has 0 saturated heterocycles. The van der Waals surface area contributed by atoms with Crippen molar-refractivity contribution in [2.75, 3.05) is 11.4 Å². The zero-order valence-corrected chi connectivity index (χ0v) is 15.1. The Kier molecular flexibility index (Phi) is 5.37. The standard InChI is InChI=1S/C17H17N5O3S/c1-3-21(12(2)23)17-20-14(11-26-17)10-25-16(24)13-5-6-15(18-9-13)22-8-4-7-19-22/h4-9,11H,3,10H2,1-2H3. The van der Waals surface area contributed by atoms with Crippen LogP contribution in [0.2, 0.25) is 0 Å². The molecule has 0 atom stereocenters. The molecule has 3 rings (SSSR count). The van der Waals surface area contributed by atoms with Gasteiger partial charge in [-0.1, -0.05) is 0 Å². The predicted octanol–water partition coefficient (Wildman–Crippen LogP) is 2.45. The minimum absolute atomic E-state index is 0.0334. The van der Waals surface area contributed by atoms with Gasteiger partial charge in [0, 0.05) is 37.4 Å². The predicted molar refractivity (Wildman–Crippen MR) is 96.3 cm³/mol. The lowest BCUT2D eigenvalue weighted by Gasteiger charge is -2.14. The van der Waals surface area contributed by atoms with Crippen LogP contribution in [0.3, 0.4) is 0 Å². The van der Waals surface area contributed by atoms with Gasteiger partial charge in [0.2, 0.25) is 5.91 Å². The lowest BCUT2D eigenvalue weighted by molar-refractivity contribution is -0.116. The number of ether oxygens (including phenoxy) is 1. The third kappa shape index (κ3) is 3.94. The molecule has 0 aromatic carbocycles. The van der Waals surface area contributed by atoms with E-state index in [4.69, 9.17) is 4.74 Å². The minimum atomic E-state index is -0.488. The van der Waals surface area contributed by atoms with Gasteiger partial charge in [-0.15, -0.1) is 11.3 Å². The average Bonchev–Trinajstić information content (AvgIpc) is 3.32. The van der Waals surface area contributed by atoms with E-state index in [9.17, 15) is 9.59 Å². The van der Waals surface area contributed by atoms with Gasteiger partial charge in [0.05, 0.1) is 11.3 Å². The summed E-state index contributed by atoms with van der Waals surface area (Å²) >= 11 is 1.34. The number of carbonyl (C=O) groups excluding carboxylic acids is 2. The number of hydrogen-bond acceptors (Lipinski definition) is 7. The molecule has 3 aromatic heterocycles. The Morgan fingerprint density at radius 2 is 2.19 bits per heavy atom. The van der Waals surface area contributed by atoms with Crippen molar-refractivity contribution in [1.29, 1.82) is 0 Å². The second-order valence-electron chi connectivity index (χ2n) is 5.32. The summed E-state index contributed by atoms with van der Waals surface area (Å²) in [5, 5.41) is 6.44. The van der Waals surface area contributed by atoms with Crippen LogP contribution in [0, 0.1) is 0 Å². The van der Waals surface area contributed by atoms with E-state index in [1.54, 1.807) is 45.6 Å². The summed E-state index contributed by atoms with van der Waals surface area (Å²) in [4.78, 5) is 33.8. The van der Waals surface area contributed by atoms with E-state index in [1.165, 1.54) is 24.5 Å². The largest absolute Gasteiger partial charge is 0.456 e. The number of esters is 1. The highest BCUT2D eigenvalue weighted by molar-refractivity contribution is 7.14. The molecule has 0 fully saturated rings. The Hall–Kier alpha value is -3.07. The molecular weight excluding hydrogens is 354 g/mol. The lowest BCUT2D eigenvalue weighted by Crippen LogP contribution is -2.27. The molecule has 0 N–H and O–H groups in total. The molecule has 0 aliphatic heterocycles. The Morgan fingerprint density at radius 1 is 1.35 bits per heavy atom. The number of anilines is 1. The highest BCUT2D eigenvalue weighted by atomic mass is 32.1. The van der Waals surface area contributed by atoms with E-state index in [1.807, 2.05) is 6.92 Å². The maximum atomic E-state index is 12.1. The van der Waals surface area contributed by atoms with Crippen molar-refractivity contribution in [3.8, 4) is 5.82 Å². The van der Waals surface area contributed by atoms with E-state index >= 15 is 0 Å². The van der Waals surface area contributed by atoms with Crippen molar-refractivity contribution < 1.29 is 14.3 Å². The highest BCUT2D eigenvalue weighted by Gasteiger charge is 2.15. The van der Waals surface area contributed by atoms with Gasteiger partial charge in [0.25, 0.3) is 0 Å². The van der Waals surface area contributed by atoms with E-state index in [0.29, 0.717) is 28.8 Å². The van der Waals surface area contributed by atoms with Crippen LogP contribution in [0.1, 0.15) is 29.9 Å². The smallest absolute Gasteiger partial charge is 0.340 e. The summed E-state index contributed by atoms with van der Waals surface area (Å²) in [5.41, 5.74) is 0.939. The second-order valence-corrected chi connectivity index (χ2v) is 6.15. The van der Waals surface area contributed by atoms with Crippen LogP contribution in [-0.4, -0.2) is 38.2 Å². The molecule has 9 heteroatoms. The quantitative estimate of drug-likeness (QED) is 0.618. The molecule has 0 saturated carbocycles. The first kappa shape index (κ1) is 17.7. The molecule has 0 aliphatic rings. The van der Waals surface area contributed by atoms with Crippen molar-refractivity contribution in [2.24, 2.45) is 0 Å². The Bertz CT molecular complexity index is 890. The summed E-state index contributed by atoms with van der Waals surface area (Å²) in [6, 6.07) is 5.11. The summed E-state index contributed by atoms with van der Waals surface area (Å²) < 4.78 is 6.87. The van der Waals surface area contributed by atoms with E-state index < -0.39 is 5.97 Å². The van der Waals surface area contributed by atoms with Crippen LogP contribution in [0.15, 0.2) is 42.2 Å². The van der Waals surface area contributed by atoms with Gasteiger partial charge in [-0.25, -0.2) is 19.4 Å². The van der Waals surface area contributed by atoms with Crippen LogP contribution in [-0.2, 0) is 16.1 Å². The van der Waals surface area contributed by atoms with Gasteiger partial charge in [-0.05, 0) is 25.1 Å². The molecule has 26 heavy (non-hydrogen) atoms. The monoisotopic (exact) mass is 371 g/mol. The molecule has 0 aliphatic carbocycles. The fourth-order valence-corrected chi connectivity index (χ4v) is 3.17. The Morgan fingerprint density at radius 3 is 2.81 bits per heavy atom. The normalized spacial score (nSPS) is 10.5. The second kappa shape index (κ2) is 7.87. The van der Waals surface area contributed by atoms with Crippen LogP contribution in [0.25, 0.3) is 5.82 Å². The maximum Gasteiger partial charge on any atom is 0.340 e. The van der Waals surface area contributed by atoms with Crippen molar-refractivity contribution in [2.45, 2.75) is 20.5 Å². The van der Waals surface area contributed by atoms with Crippen molar-refractivity contribution in [3.05, 3.63) is 53.4 Å². The first-order valence-corrected chi connectivity index (χ1v) is 8.82. The number of rotatable bonds is 6. The van der Waals surface area contributed by atoms with Gasteiger partial charge in [0.15, 0.2) is 10.9 Å². The minimum Gasteiger partial charge on any atom is -0.456 e. The molecule has 3 heterocycles. The third-order valence-electron chi connectivity index (χ3n) is 3.54. The van der Waals surface area contributed by atoms with E-state index in [2.05, 4.69) is 15.1 Å². The van der Waals surface area contributed by atoms with Gasteiger partial charge < -0.3 is 4.74 Å². The zero-order valence-electron chi connectivity index (χ0n) is 14.3. The van der Waals surface area contributed by atoms with Crippen LogP contribution >= 0.6 is 11.3 Å². The van der Waals surface area contributed by atoms with Crippen LogP contribution < -0.4 is 4.90 Å². The summed E-state index contributed by atoms with van der Waals surface area (Å²) in [6.07, 6.45) is 4.86. The van der Waals surface area contributed by atoms with Gasteiger partial charge in [-0.2, -0.15) is 5.10 Å². The number of hydrogen-bond donors (Lipinski definition) is 0. The van der Waals surface area contributed by atoms with Crippen molar-refractivity contribution in [3.63, 3.8) is 0 Å².